The van der Waals surface area contributed by atoms with Crippen molar-refractivity contribution in [2.75, 3.05) is 5.32 Å². The standard InChI is InChI=1S/C17H19N5O/c1-11(13-7-5-4-6-8-13)20-17(23)21-15-9-14-10-18-22(3)16(14)12(2)19-15/h4-11H,1-3H3,(H2,19,20,21,23)/t11-/m1/s1. The zero-order valence-electron chi connectivity index (χ0n) is 13.4. The van der Waals surface area contributed by atoms with Crippen molar-refractivity contribution in [1.29, 1.82) is 0 Å². The second-order valence-corrected chi connectivity index (χ2v) is 5.53. The molecule has 1 atom stereocenters. The van der Waals surface area contributed by atoms with Crippen LogP contribution in [0, 0.1) is 6.92 Å². The summed E-state index contributed by atoms with van der Waals surface area (Å²) < 4.78 is 1.78. The Morgan fingerprint density at radius 2 is 2.00 bits per heavy atom. The van der Waals surface area contributed by atoms with Gasteiger partial charge in [0, 0.05) is 12.4 Å². The van der Waals surface area contributed by atoms with Crippen LogP contribution >= 0.6 is 0 Å². The Balaban J connectivity index is 1.73. The van der Waals surface area contributed by atoms with Crippen LogP contribution in [0.1, 0.15) is 24.2 Å². The van der Waals surface area contributed by atoms with E-state index in [1.165, 1.54) is 0 Å². The van der Waals surface area contributed by atoms with Crippen LogP contribution in [-0.2, 0) is 7.05 Å². The van der Waals surface area contributed by atoms with Gasteiger partial charge in [-0.2, -0.15) is 5.10 Å². The van der Waals surface area contributed by atoms with E-state index in [4.69, 9.17) is 0 Å². The Morgan fingerprint density at radius 3 is 2.74 bits per heavy atom. The smallest absolute Gasteiger partial charge is 0.320 e. The van der Waals surface area contributed by atoms with Crippen molar-refractivity contribution < 1.29 is 4.79 Å². The van der Waals surface area contributed by atoms with E-state index in [2.05, 4.69) is 20.7 Å². The van der Waals surface area contributed by atoms with Gasteiger partial charge in [0.05, 0.1) is 23.4 Å². The highest BCUT2D eigenvalue weighted by atomic mass is 16.2. The van der Waals surface area contributed by atoms with Crippen LogP contribution in [0.25, 0.3) is 10.9 Å². The van der Waals surface area contributed by atoms with Crippen molar-refractivity contribution in [3.63, 3.8) is 0 Å². The fourth-order valence-corrected chi connectivity index (χ4v) is 2.65. The highest BCUT2D eigenvalue weighted by Crippen LogP contribution is 2.19. The highest BCUT2D eigenvalue weighted by Gasteiger charge is 2.12. The minimum Gasteiger partial charge on any atom is -0.331 e. The number of hydrogen-bond donors (Lipinski definition) is 2. The van der Waals surface area contributed by atoms with E-state index >= 15 is 0 Å². The van der Waals surface area contributed by atoms with Gasteiger partial charge in [0.25, 0.3) is 0 Å². The summed E-state index contributed by atoms with van der Waals surface area (Å²) in [5, 5.41) is 10.9. The maximum absolute atomic E-state index is 12.2. The van der Waals surface area contributed by atoms with Crippen LogP contribution in [0.3, 0.4) is 0 Å². The zero-order valence-corrected chi connectivity index (χ0v) is 13.4. The third-order valence-corrected chi connectivity index (χ3v) is 3.78. The molecule has 1 aromatic carbocycles. The summed E-state index contributed by atoms with van der Waals surface area (Å²) in [5.74, 6) is 0.515. The zero-order chi connectivity index (χ0) is 16.4. The quantitative estimate of drug-likeness (QED) is 0.780. The van der Waals surface area contributed by atoms with E-state index in [0.717, 1.165) is 22.2 Å². The van der Waals surface area contributed by atoms with Gasteiger partial charge in [0.1, 0.15) is 5.82 Å². The van der Waals surface area contributed by atoms with Gasteiger partial charge >= 0.3 is 6.03 Å². The molecular formula is C17H19N5O. The molecule has 0 unspecified atom stereocenters. The van der Waals surface area contributed by atoms with E-state index in [1.54, 1.807) is 10.9 Å². The molecule has 23 heavy (non-hydrogen) atoms. The molecule has 0 aliphatic heterocycles. The van der Waals surface area contributed by atoms with Gasteiger partial charge in [0.15, 0.2) is 0 Å². The summed E-state index contributed by atoms with van der Waals surface area (Å²) in [6.45, 7) is 3.84. The number of pyridine rings is 1. The highest BCUT2D eigenvalue weighted by molar-refractivity contribution is 5.91. The molecule has 0 saturated carbocycles. The molecule has 6 heteroatoms. The van der Waals surface area contributed by atoms with Crippen molar-refractivity contribution in [2.45, 2.75) is 19.9 Å². The van der Waals surface area contributed by atoms with Crippen molar-refractivity contribution in [3.05, 3.63) is 53.9 Å². The number of carbonyl (C=O) groups is 1. The second-order valence-electron chi connectivity index (χ2n) is 5.53. The molecule has 0 fully saturated rings. The number of urea groups is 1. The van der Waals surface area contributed by atoms with Crippen LogP contribution in [0.5, 0.6) is 0 Å². The number of aromatic nitrogens is 3. The molecule has 118 valence electrons. The molecule has 0 spiro atoms. The largest absolute Gasteiger partial charge is 0.331 e. The molecule has 0 saturated heterocycles. The molecule has 6 nitrogen and oxygen atoms in total. The van der Waals surface area contributed by atoms with Gasteiger partial charge in [-0.05, 0) is 25.5 Å². The molecule has 2 aromatic heterocycles. The van der Waals surface area contributed by atoms with Crippen molar-refractivity contribution in [3.8, 4) is 0 Å². The fraction of sp³-hybridized carbons (Fsp3) is 0.235. The predicted molar refractivity (Wildman–Crippen MR) is 90.3 cm³/mol. The van der Waals surface area contributed by atoms with Crippen molar-refractivity contribution in [1.82, 2.24) is 20.1 Å². The van der Waals surface area contributed by atoms with E-state index in [0.29, 0.717) is 5.82 Å². The summed E-state index contributed by atoms with van der Waals surface area (Å²) in [5.41, 5.74) is 2.84. The van der Waals surface area contributed by atoms with Crippen LogP contribution < -0.4 is 10.6 Å². The molecule has 3 aromatic rings. The molecule has 2 heterocycles. The number of carbonyl (C=O) groups excluding carboxylic acids is 1. The average Bonchev–Trinajstić information content (AvgIpc) is 2.89. The van der Waals surface area contributed by atoms with E-state index in [9.17, 15) is 4.79 Å². The summed E-state index contributed by atoms with van der Waals surface area (Å²) >= 11 is 0. The first kappa shape index (κ1) is 15.0. The van der Waals surface area contributed by atoms with E-state index in [-0.39, 0.29) is 12.1 Å². The molecule has 0 aliphatic rings. The molecular weight excluding hydrogens is 290 g/mol. The molecule has 0 bridgehead atoms. The fourth-order valence-electron chi connectivity index (χ4n) is 2.65. The number of amides is 2. The first-order valence-electron chi connectivity index (χ1n) is 7.46. The monoisotopic (exact) mass is 309 g/mol. The summed E-state index contributed by atoms with van der Waals surface area (Å²) in [6, 6.07) is 11.3. The number of hydrogen-bond acceptors (Lipinski definition) is 3. The number of benzene rings is 1. The van der Waals surface area contributed by atoms with E-state index in [1.807, 2.05) is 57.3 Å². The van der Waals surface area contributed by atoms with Crippen molar-refractivity contribution >= 4 is 22.8 Å². The Hall–Kier alpha value is -2.89. The first-order chi connectivity index (χ1) is 11.0. The lowest BCUT2D eigenvalue weighted by Gasteiger charge is -2.15. The first-order valence-corrected chi connectivity index (χ1v) is 7.46. The summed E-state index contributed by atoms with van der Waals surface area (Å²) in [4.78, 5) is 16.6. The van der Waals surface area contributed by atoms with Gasteiger partial charge in [-0.25, -0.2) is 9.78 Å². The van der Waals surface area contributed by atoms with E-state index < -0.39 is 0 Å². The maximum atomic E-state index is 12.2. The lowest BCUT2D eigenvalue weighted by Crippen LogP contribution is -2.31. The number of nitrogens with one attached hydrogen (secondary N) is 2. The number of nitrogens with zero attached hydrogens (tertiary/aromatic N) is 3. The van der Waals surface area contributed by atoms with Crippen LogP contribution in [0.2, 0.25) is 0 Å². The molecule has 3 rings (SSSR count). The van der Waals surface area contributed by atoms with Gasteiger partial charge in [-0.3, -0.25) is 10.00 Å². The number of aryl methyl sites for hydroxylation is 2. The minimum atomic E-state index is -0.281. The summed E-state index contributed by atoms with van der Waals surface area (Å²) in [6.07, 6.45) is 1.76. The third-order valence-electron chi connectivity index (χ3n) is 3.78. The van der Waals surface area contributed by atoms with Gasteiger partial charge in [-0.1, -0.05) is 30.3 Å². The van der Waals surface area contributed by atoms with Gasteiger partial charge < -0.3 is 5.32 Å². The molecule has 0 aliphatic carbocycles. The Morgan fingerprint density at radius 1 is 1.26 bits per heavy atom. The molecule has 2 amide bonds. The topological polar surface area (TPSA) is 71.8 Å². The third kappa shape index (κ3) is 3.15. The lowest BCUT2D eigenvalue weighted by atomic mass is 10.1. The van der Waals surface area contributed by atoms with Gasteiger partial charge in [0.2, 0.25) is 0 Å². The minimum absolute atomic E-state index is 0.0839. The molecule has 2 N–H and O–H groups in total. The number of fused-ring (bicyclic) bond motifs is 1. The van der Waals surface area contributed by atoms with Crippen LogP contribution in [-0.4, -0.2) is 20.8 Å². The number of rotatable bonds is 3. The Kier molecular flexibility index (Phi) is 3.97. The normalized spacial score (nSPS) is 12.1. The number of anilines is 1. The van der Waals surface area contributed by atoms with Gasteiger partial charge in [-0.15, -0.1) is 0 Å². The lowest BCUT2D eigenvalue weighted by molar-refractivity contribution is 0.249. The van der Waals surface area contributed by atoms with Crippen LogP contribution in [0.15, 0.2) is 42.6 Å². The average molecular weight is 309 g/mol. The molecule has 0 radical (unpaired) electrons. The Bertz CT molecular complexity index is 841. The van der Waals surface area contributed by atoms with Crippen LogP contribution in [0.4, 0.5) is 10.6 Å². The Labute approximate surface area is 134 Å². The summed E-state index contributed by atoms with van der Waals surface area (Å²) in [7, 11) is 1.87. The van der Waals surface area contributed by atoms with Crippen molar-refractivity contribution in [2.24, 2.45) is 7.05 Å². The SMILES string of the molecule is Cc1nc(NC(=O)N[C@H](C)c2ccccc2)cc2cnn(C)c12. The predicted octanol–water partition coefficient (Wildman–Crippen LogP) is 3.16. The maximum Gasteiger partial charge on any atom is 0.320 e. The second kappa shape index (κ2) is 6.08.